The molecule has 0 radical (unpaired) electrons. The maximum atomic E-state index is 13.1. The maximum absolute atomic E-state index is 13.1. The molecule has 0 bridgehead atoms. The summed E-state index contributed by atoms with van der Waals surface area (Å²) in [5, 5.41) is 6.29. The van der Waals surface area contributed by atoms with E-state index in [1.165, 1.54) is 13.5 Å². The second-order valence-electron chi connectivity index (χ2n) is 9.22. The normalized spacial score (nSPS) is 16.6. The lowest BCUT2D eigenvalue weighted by Gasteiger charge is -2.20. The van der Waals surface area contributed by atoms with Gasteiger partial charge in [-0.2, -0.15) is 0 Å². The zero-order valence-corrected chi connectivity index (χ0v) is 20.2. The molecule has 6 nitrogen and oxygen atoms in total. The molecular formula is C30H28N2O4. The van der Waals surface area contributed by atoms with Crippen molar-refractivity contribution >= 4 is 40.3 Å². The number of hydrogen-bond acceptors (Lipinski definition) is 5. The summed E-state index contributed by atoms with van der Waals surface area (Å²) in [6.45, 7) is 0. The van der Waals surface area contributed by atoms with Crippen LogP contribution in [0.2, 0.25) is 0 Å². The number of fused-ring (bicyclic) bond motifs is 1. The van der Waals surface area contributed by atoms with E-state index in [4.69, 9.17) is 4.74 Å². The number of carbonyl (C=O) groups is 3. The van der Waals surface area contributed by atoms with Crippen molar-refractivity contribution in [2.75, 3.05) is 17.7 Å². The fourth-order valence-corrected chi connectivity index (χ4v) is 5.01. The molecule has 1 amide bonds. The van der Waals surface area contributed by atoms with E-state index in [0.717, 1.165) is 42.5 Å². The van der Waals surface area contributed by atoms with Crippen LogP contribution in [0.4, 0.5) is 11.4 Å². The molecule has 0 atom stereocenters. The van der Waals surface area contributed by atoms with Crippen molar-refractivity contribution < 1.29 is 19.1 Å². The number of hydrogen-bond donors (Lipinski definition) is 2. The Balaban J connectivity index is 1.50. The van der Waals surface area contributed by atoms with Gasteiger partial charge in [0.05, 0.1) is 29.6 Å². The van der Waals surface area contributed by atoms with Crippen molar-refractivity contribution in [3.8, 4) is 0 Å². The van der Waals surface area contributed by atoms with Crippen molar-refractivity contribution in [3.63, 3.8) is 0 Å². The van der Waals surface area contributed by atoms with Crippen LogP contribution in [-0.2, 0) is 9.53 Å². The zero-order valence-electron chi connectivity index (χ0n) is 20.2. The quantitative estimate of drug-likeness (QED) is 0.250. The Bertz CT molecular complexity index is 1340. The summed E-state index contributed by atoms with van der Waals surface area (Å²) in [6, 6.07) is 22.1. The molecule has 2 aliphatic rings. The van der Waals surface area contributed by atoms with E-state index >= 15 is 0 Å². The summed E-state index contributed by atoms with van der Waals surface area (Å²) in [7, 11) is 1.32. The third kappa shape index (κ3) is 4.67. The molecule has 0 spiro atoms. The average molecular weight is 481 g/mol. The second kappa shape index (κ2) is 10.2. The fourth-order valence-electron chi connectivity index (χ4n) is 5.01. The van der Waals surface area contributed by atoms with Gasteiger partial charge >= 0.3 is 5.97 Å². The van der Waals surface area contributed by atoms with E-state index in [1.54, 1.807) is 18.2 Å². The molecule has 0 aromatic heterocycles. The maximum Gasteiger partial charge on any atom is 0.337 e. The number of nitrogens with one attached hydrogen (secondary N) is 2. The molecule has 0 saturated heterocycles. The minimum Gasteiger partial charge on any atom is -0.465 e. The largest absolute Gasteiger partial charge is 0.465 e. The van der Waals surface area contributed by atoms with Gasteiger partial charge in [0.2, 0.25) is 0 Å². The lowest BCUT2D eigenvalue weighted by molar-refractivity contribution is -0.110. The van der Waals surface area contributed by atoms with E-state index in [1.807, 2.05) is 54.6 Å². The highest BCUT2D eigenvalue weighted by molar-refractivity contribution is 6.37. The molecule has 3 aromatic carbocycles. The number of anilines is 2. The first-order chi connectivity index (χ1) is 17.5. The molecule has 3 aromatic rings. The van der Waals surface area contributed by atoms with Crippen LogP contribution in [0.1, 0.15) is 63.9 Å². The van der Waals surface area contributed by atoms with Crippen molar-refractivity contribution in [1.29, 1.82) is 0 Å². The summed E-state index contributed by atoms with van der Waals surface area (Å²) in [5.74, 6) is -0.391. The molecule has 1 heterocycles. The van der Waals surface area contributed by atoms with E-state index in [0.29, 0.717) is 28.1 Å². The van der Waals surface area contributed by atoms with E-state index in [2.05, 4.69) is 10.6 Å². The minimum absolute atomic E-state index is 0.119. The van der Waals surface area contributed by atoms with E-state index < -0.39 is 5.97 Å². The van der Waals surface area contributed by atoms with Crippen molar-refractivity contribution in [2.24, 2.45) is 5.92 Å². The first kappa shape index (κ1) is 23.5. The number of ether oxygens (including phenoxy) is 1. The molecule has 6 heteroatoms. The number of ketones is 1. The van der Waals surface area contributed by atoms with Crippen LogP contribution in [0.15, 0.2) is 72.8 Å². The predicted molar refractivity (Wildman–Crippen MR) is 141 cm³/mol. The number of rotatable bonds is 6. The van der Waals surface area contributed by atoms with Crippen molar-refractivity contribution in [1.82, 2.24) is 0 Å². The molecule has 2 N–H and O–H groups in total. The highest BCUT2D eigenvalue weighted by Crippen LogP contribution is 2.38. The van der Waals surface area contributed by atoms with Crippen LogP contribution in [0.25, 0.3) is 11.3 Å². The second-order valence-corrected chi connectivity index (χ2v) is 9.22. The lowest BCUT2D eigenvalue weighted by Crippen LogP contribution is -2.17. The molecular weight excluding hydrogens is 452 g/mol. The van der Waals surface area contributed by atoms with Gasteiger partial charge < -0.3 is 15.4 Å². The van der Waals surface area contributed by atoms with Crippen LogP contribution in [0.5, 0.6) is 0 Å². The van der Waals surface area contributed by atoms with E-state index in [9.17, 15) is 14.4 Å². The average Bonchev–Trinajstić information content (AvgIpc) is 3.26. The SMILES string of the molecule is COC(=O)c1ccc2c(c1)NC(=O)/C2=C(\Nc1ccc(C(=O)C2CCCCC2)cc1)c1ccccc1. The number of carbonyl (C=O) groups excluding carboxylic acids is 3. The van der Waals surface area contributed by atoms with E-state index in [-0.39, 0.29) is 17.6 Å². The smallest absolute Gasteiger partial charge is 0.337 e. The number of amides is 1. The Morgan fingerprint density at radius 2 is 1.56 bits per heavy atom. The lowest BCUT2D eigenvalue weighted by atomic mass is 9.84. The van der Waals surface area contributed by atoms with Crippen LogP contribution in [0, 0.1) is 5.92 Å². The van der Waals surface area contributed by atoms with Crippen molar-refractivity contribution in [3.05, 3.63) is 95.1 Å². The first-order valence-corrected chi connectivity index (χ1v) is 12.3. The summed E-state index contributed by atoms with van der Waals surface area (Å²) in [5.41, 5.74) is 5.08. The predicted octanol–water partition coefficient (Wildman–Crippen LogP) is 6.17. The molecule has 1 aliphatic heterocycles. The third-order valence-electron chi connectivity index (χ3n) is 6.91. The van der Waals surface area contributed by atoms with Crippen LogP contribution >= 0.6 is 0 Å². The Kier molecular flexibility index (Phi) is 6.67. The van der Waals surface area contributed by atoms with Gasteiger partial charge in [0, 0.05) is 22.7 Å². The van der Waals surface area contributed by atoms with Crippen LogP contribution in [0.3, 0.4) is 0 Å². The molecule has 1 fully saturated rings. The number of esters is 1. The summed E-state index contributed by atoms with van der Waals surface area (Å²) < 4.78 is 4.81. The Hall–Kier alpha value is -4.19. The highest BCUT2D eigenvalue weighted by atomic mass is 16.5. The zero-order chi connectivity index (χ0) is 25.1. The van der Waals surface area contributed by atoms with Gasteiger partial charge in [-0.05, 0) is 54.8 Å². The molecule has 182 valence electrons. The number of benzene rings is 3. The standard InChI is InChI=1S/C30H28N2O4/c1-36-30(35)22-14-17-24-25(18-22)32-29(34)26(24)27(19-8-4-2-5-9-19)31-23-15-12-21(13-16-23)28(33)20-10-6-3-7-11-20/h2,4-5,8-9,12-18,20,31H,3,6-7,10-11H2,1H3,(H,32,34)/b27-26-. The number of methoxy groups -OCH3 is 1. The third-order valence-corrected chi connectivity index (χ3v) is 6.91. The van der Waals surface area contributed by atoms with Gasteiger partial charge in [0.1, 0.15) is 0 Å². The monoisotopic (exact) mass is 480 g/mol. The Morgan fingerprint density at radius 3 is 2.25 bits per heavy atom. The van der Waals surface area contributed by atoms with Crippen LogP contribution in [-0.4, -0.2) is 24.8 Å². The molecule has 5 rings (SSSR count). The molecule has 1 saturated carbocycles. The van der Waals surface area contributed by atoms with Crippen molar-refractivity contribution in [2.45, 2.75) is 32.1 Å². The topological polar surface area (TPSA) is 84.5 Å². The van der Waals surface area contributed by atoms with Gasteiger partial charge in [-0.3, -0.25) is 9.59 Å². The van der Waals surface area contributed by atoms with Gasteiger partial charge in [-0.25, -0.2) is 4.79 Å². The number of Topliss-reactive ketones (excluding diaryl/α,β-unsaturated/α-hetero) is 1. The minimum atomic E-state index is -0.464. The van der Waals surface area contributed by atoms with Gasteiger partial charge in [-0.15, -0.1) is 0 Å². The Morgan fingerprint density at radius 1 is 0.861 bits per heavy atom. The van der Waals surface area contributed by atoms with Gasteiger partial charge in [-0.1, -0.05) is 55.7 Å². The molecule has 36 heavy (non-hydrogen) atoms. The van der Waals surface area contributed by atoms with Gasteiger partial charge in [0.15, 0.2) is 5.78 Å². The van der Waals surface area contributed by atoms with Gasteiger partial charge in [0.25, 0.3) is 5.91 Å². The summed E-state index contributed by atoms with van der Waals surface area (Å²) in [4.78, 5) is 38.0. The fraction of sp³-hybridized carbons (Fsp3) is 0.233. The molecule has 1 aliphatic carbocycles. The Labute approximate surface area is 210 Å². The van der Waals surface area contributed by atoms with Crippen LogP contribution < -0.4 is 10.6 Å². The first-order valence-electron chi connectivity index (χ1n) is 12.3. The summed E-state index contributed by atoms with van der Waals surface area (Å²) in [6.07, 6.45) is 5.39. The summed E-state index contributed by atoms with van der Waals surface area (Å²) >= 11 is 0. The highest BCUT2D eigenvalue weighted by Gasteiger charge is 2.29. The molecule has 0 unspecified atom stereocenters.